The predicted octanol–water partition coefficient (Wildman–Crippen LogP) is 2.56. The van der Waals surface area contributed by atoms with Gasteiger partial charge in [0.15, 0.2) is 0 Å². The molecular weight excluding hydrogens is 184 g/mol. The Labute approximate surface area is 83.3 Å². The number of alkyl halides is 2. The zero-order valence-corrected chi connectivity index (χ0v) is 8.52. The van der Waals surface area contributed by atoms with Gasteiger partial charge in [-0.1, -0.05) is 6.92 Å². The Hall–Kier alpha value is -0.180. The molecule has 2 saturated heterocycles. The number of hydrogen-bond acceptors (Lipinski definition) is 1. The van der Waals surface area contributed by atoms with Crippen molar-refractivity contribution in [2.45, 2.75) is 57.0 Å². The normalized spacial score (nSPS) is 53.8. The van der Waals surface area contributed by atoms with Gasteiger partial charge in [0.2, 0.25) is 0 Å². The molecule has 0 aromatic heterocycles. The van der Waals surface area contributed by atoms with Crippen molar-refractivity contribution in [3.05, 3.63) is 0 Å². The van der Waals surface area contributed by atoms with Crippen molar-refractivity contribution in [1.29, 1.82) is 0 Å². The third-order valence-corrected chi connectivity index (χ3v) is 4.65. The molecule has 3 fully saturated rings. The van der Waals surface area contributed by atoms with Crippen LogP contribution in [0.3, 0.4) is 0 Å². The zero-order valence-electron chi connectivity index (χ0n) is 8.52. The lowest BCUT2D eigenvalue weighted by Gasteiger charge is -2.29. The van der Waals surface area contributed by atoms with Gasteiger partial charge in [0.1, 0.15) is 0 Å². The third-order valence-electron chi connectivity index (χ3n) is 4.65. The molecule has 1 saturated carbocycles. The molecule has 80 valence electrons. The molecule has 1 N–H and O–H groups in total. The van der Waals surface area contributed by atoms with Crippen molar-refractivity contribution in [2.75, 3.05) is 0 Å². The number of fused-ring (bicyclic) bond motifs is 2. The number of halogens is 2. The molecule has 0 radical (unpaired) electrons. The average Bonchev–Trinajstić information content (AvgIpc) is 2.39. The molecule has 0 amide bonds. The second-order valence-corrected chi connectivity index (χ2v) is 5.29. The van der Waals surface area contributed by atoms with Gasteiger partial charge in [-0.05, 0) is 32.1 Å². The predicted molar refractivity (Wildman–Crippen MR) is 50.3 cm³/mol. The van der Waals surface area contributed by atoms with Gasteiger partial charge in [0.25, 0.3) is 5.92 Å². The first-order valence-corrected chi connectivity index (χ1v) is 5.74. The quantitative estimate of drug-likeness (QED) is 0.687. The number of piperidine rings is 1. The van der Waals surface area contributed by atoms with E-state index in [9.17, 15) is 8.78 Å². The maximum Gasteiger partial charge on any atom is 0.257 e. The lowest BCUT2D eigenvalue weighted by atomic mass is 9.86. The minimum atomic E-state index is -2.36. The standard InChI is InChI=1S/C11H17F2N/c1-2-9-10(11(9,12)13)5-7-3-4-8(6-10)14-7/h7-9,14H,2-6H2,1H3. The molecule has 3 atom stereocenters. The second-order valence-electron chi connectivity index (χ2n) is 5.29. The highest BCUT2D eigenvalue weighted by Gasteiger charge is 2.80. The van der Waals surface area contributed by atoms with Crippen LogP contribution < -0.4 is 5.32 Å². The summed E-state index contributed by atoms with van der Waals surface area (Å²) in [7, 11) is 0. The fourth-order valence-electron chi connectivity index (χ4n) is 3.98. The lowest BCUT2D eigenvalue weighted by Crippen LogP contribution is -2.41. The van der Waals surface area contributed by atoms with Crippen LogP contribution in [0.1, 0.15) is 39.0 Å². The Bertz CT molecular complexity index is 252. The van der Waals surface area contributed by atoms with Gasteiger partial charge in [-0.3, -0.25) is 0 Å². The van der Waals surface area contributed by atoms with Crippen molar-refractivity contribution < 1.29 is 8.78 Å². The van der Waals surface area contributed by atoms with Gasteiger partial charge in [0, 0.05) is 23.4 Å². The van der Waals surface area contributed by atoms with Gasteiger partial charge in [0.05, 0.1) is 0 Å². The molecular formula is C11H17F2N. The van der Waals surface area contributed by atoms with Gasteiger partial charge in [-0.2, -0.15) is 0 Å². The SMILES string of the molecule is CCC1C(F)(F)C12CC1CCC(C2)N1. The summed E-state index contributed by atoms with van der Waals surface area (Å²) in [6.45, 7) is 1.90. The Morgan fingerprint density at radius 1 is 1.21 bits per heavy atom. The first-order chi connectivity index (χ1) is 6.60. The Morgan fingerprint density at radius 3 is 2.21 bits per heavy atom. The third kappa shape index (κ3) is 0.873. The molecule has 2 bridgehead atoms. The smallest absolute Gasteiger partial charge is 0.257 e. The van der Waals surface area contributed by atoms with Crippen LogP contribution in [0.2, 0.25) is 0 Å². The van der Waals surface area contributed by atoms with Crippen molar-refractivity contribution >= 4 is 0 Å². The molecule has 14 heavy (non-hydrogen) atoms. The molecule has 0 aromatic rings. The van der Waals surface area contributed by atoms with E-state index >= 15 is 0 Å². The second kappa shape index (κ2) is 2.49. The highest BCUT2D eigenvalue weighted by molar-refractivity contribution is 5.22. The van der Waals surface area contributed by atoms with Gasteiger partial charge >= 0.3 is 0 Å². The topological polar surface area (TPSA) is 12.0 Å². The van der Waals surface area contributed by atoms with Crippen LogP contribution >= 0.6 is 0 Å². The fourth-order valence-corrected chi connectivity index (χ4v) is 3.98. The van der Waals surface area contributed by atoms with Crippen LogP contribution in [0.4, 0.5) is 8.78 Å². The average molecular weight is 201 g/mol. The maximum atomic E-state index is 13.7. The highest BCUT2D eigenvalue weighted by Crippen LogP contribution is 2.73. The molecule has 1 nitrogen and oxygen atoms in total. The molecule has 2 heterocycles. The fraction of sp³-hybridized carbons (Fsp3) is 1.00. The van der Waals surface area contributed by atoms with Crippen LogP contribution in [-0.4, -0.2) is 18.0 Å². The molecule has 3 heteroatoms. The largest absolute Gasteiger partial charge is 0.311 e. The number of rotatable bonds is 1. The van der Waals surface area contributed by atoms with E-state index in [1.165, 1.54) is 0 Å². The van der Waals surface area contributed by atoms with E-state index in [4.69, 9.17) is 0 Å². The monoisotopic (exact) mass is 201 g/mol. The molecule has 3 unspecified atom stereocenters. The van der Waals surface area contributed by atoms with Crippen LogP contribution in [-0.2, 0) is 0 Å². The first kappa shape index (κ1) is 9.08. The summed E-state index contributed by atoms with van der Waals surface area (Å²) < 4.78 is 27.4. The summed E-state index contributed by atoms with van der Waals surface area (Å²) in [5.41, 5.74) is -0.598. The summed E-state index contributed by atoms with van der Waals surface area (Å²) >= 11 is 0. The Kier molecular flexibility index (Phi) is 1.61. The lowest BCUT2D eigenvalue weighted by molar-refractivity contribution is 0.0385. The molecule has 3 rings (SSSR count). The van der Waals surface area contributed by atoms with Crippen molar-refractivity contribution in [1.82, 2.24) is 5.32 Å². The minimum Gasteiger partial charge on any atom is -0.311 e. The van der Waals surface area contributed by atoms with Gasteiger partial charge in [-0.25, -0.2) is 8.78 Å². The first-order valence-electron chi connectivity index (χ1n) is 5.74. The van der Waals surface area contributed by atoms with Crippen LogP contribution in [0.25, 0.3) is 0 Å². The summed E-state index contributed by atoms with van der Waals surface area (Å²) in [4.78, 5) is 0. The molecule has 1 aliphatic carbocycles. The molecule has 1 spiro atoms. The molecule has 0 aromatic carbocycles. The van der Waals surface area contributed by atoms with Gasteiger partial charge in [-0.15, -0.1) is 0 Å². The van der Waals surface area contributed by atoms with Crippen molar-refractivity contribution in [3.63, 3.8) is 0 Å². The van der Waals surface area contributed by atoms with Crippen LogP contribution in [0.15, 0.2) is 0 Å². The number of nitrogens with one attached hydrogen (secondary N) is 1. The molecule has 3 aliphatic rings. The number of hydrogen-bond donors (Lipinski definition) is 1. The van der Waals surface area contributed by atoms with Crippen LogP contribution in [0.5, 0.6) is 0 Å². The van der Waals surface area contributed by atoms with Crippen molar-refractivity contribution in [2.24, 2.45) is 11.3 Å². The van der Waals surface area contributed by atoms with Gasteiger partial charge < -0.3 is 5.32 Å². The zero-order chi connectivity index (χ0) is 9.97. The minimum absolute atomic E-state index is 0.319. The van der Waals surface area contributed by atoms with Crippen molar-refractivity contribution in [3.8, 4) is 0 Å². The Morgan fingerprint density at radius 2 is 1.79 bits per heavy atom. The van der Waals surface area contributed by atoms with E-state index in [0.29, 0.717) is 18.5 Å². The Balaban J connectivity index is 1.86. The van der Waals surface area contributed by atoms with E-state index in [1.54, 1.807) is 0 Å². The highest BCUT2D eigenvalue weighted by atomic mass is 19.3. The van der Waals surface area contributed by atoms with E-state index in [0.717, 1.165) is 25.7 Å². The van der Waals surface area contributed by atoms with Crippen LogP contribution in [0, 0.1) is 11.3 Å². The summed E-state index contributed by atoms with van der Waals surface area (Å²) in [5, 5.41) is 3.43. The van der Waals surface area contributed by atoms with E-state index in [-0.39, 0.29) is 5.92 Å². The maximum absolute atomic E-state index is 13.7. The van der Waals surface area contributed by atoms with E-state index < -0.39 is 11.3 Å². The molecule has 2 aliphatic heterocycles. The summed E-state index contributed by atoms with van der Waals surface area (Å²) in [6.07, 6.45) is 4.30. The summed E-state index contributed by atoms with van der Waals surface area (Å²) in [6, 6.07) is 0.771. The summed E-state index contributed by atoms with van der Waals surface area (Å²) in [5.74, 6) is -2.68. The van der Waals surface area contributed by atoms with E-state index in [1.807, 2.05) is 6.92 Å². The van der Waals surface area contributed by atoms with E-state index in [2.05, 4.69) is 5.32 Å².